The number of likely N-dealkylation sites (N-methyl/N-ethyl adjacent to an activating group) is 1. The highest BCUT2D eigenvalue weighted by Gasteiger charge is 2.17. The molecule has 1 aromatic carbocycles. The van der Waals surface area contributed by atoms with Crippen molar-refractivity contribution >= 4 is 27.8 Å². The Bertz CT molecular complexity index is 448. The summed E-state index contributed by atoms with van der Waals surface area (Å²) in [6.07, 6.45) is 0.280. The van der Waals surface area contributed by atoms with Gasteiger partial charge in [0.25, 0.3) is 0 Å². The molecule has 0 spiro atoms. The Morgan fingerprint density at radius 2 is 2.11 bits per heavy atom. The third-order valence-electron chi connectivity index (χ3n) is 2.64. The van der Waals surface area contributed by atoms with E-state index >= 15 is 0 Å². The molecular formula is C13H16BrNO3. The predicted molar refractivity (Wildman–Crippen MR) is 72.3 cm³/mol. The Labute approximate surface area is 115 Å². The molecule has 1 atom stereocenters. The maximum atomic E-state index is 11.9. The van der Waals surface area contributed by atoms with Gasteiger partial charge >= 0.3 is 5.97 Å². The Balaban J connectivity index is 2.57. The molecule has 0 saturated carbocycles. The van der Waals surface area contributed by atoms with Crippen molar-refractivity contribution in [2.75, 3.05) is 13.6 Å². The van der Waals surface area contributed by atoms with Crippen LogP contribution in [0.15, 0.2) is 28.7 Å². The lowest BCUT2D eigenvalue weighted by molar-refractivity contribution is -0.142. The van der Waals surface area contributed by atoms with Crippen molar-refractivity contribution in [3.8, 4) is 0 Å². The highest BCUT2D eigenvalue weighted by Crippen LogP contribution is 2.13. The molecule has 98 valence electrons. The summed E-state index contributed by atoms with van der Waals surface area (Å²) >= 11 is 3.35. The van der Waals surface area contributed by atoms with E-state index in [0.29, 0.717) is 0 Å². The minimum absolute atomic E-state index is 0.0822. The molecule has 0 aliphatic rings. The van der Waals surface area contributed by atoms with Crippen LogP contribution in [0.1, 0.15) is 12.5 Å². The molecule has 1 N–H and O–H groups in total. The molecule has 0 saturated heterocycles. The van der Waals surface area contributed by atoms with Gasteiger partial charge in [-0.15, -0.1) is 0 Å². The van der Waals surface area contributed by atoms with Gasteiger partial charge in [-0.1, -0.05) is 35.0 Å². The van der Waals surface area contributed by atoms with Crippen molar-refractivity contribution in [3.05, 3.63) is 34.3 Å². The van der Waals surface area contributed by atoms with Gasteiger partial charge in [-0.05, 0) is 17.7 Å². The summed E-state index contributed by atoms with van der Waals surface area (Å²) in [7, 11) is 1.62. The number of carboxylic acids is 1. The minimum Gasteiger partial charge on any atom is -0.481 e. The summed E-state index contributed by atoms with van der Waals surface area (Å²) in [4.78, 5) is 24.1. The molecule has 5 heteroatoms. The van der Waals surface area contributed by atoms with Crippen molar-refractivity contribution in [2.24, 2.45) is 5.92 Å². The van der Waals surface area contributed by atoms with Crippen molar-refractivity contribution in [2.45, 2.75) is 13.3 Å². The fraction of sp³-hybridized carbons (Fsp3) is 0.385. The van der Waals surface area contributed by atoms with Gasteiger partial charge in [-0.2, -0.15) is 0 Å². The Morgan fingerprint density at radius 3 is 2.67 bits per heavy atom. The second kappa shape index (κ2) is 6.54. The second-order valence-corrected chi connectivity index (χ2v) is 5.24. The number of benzene rings is 1. The lowest BCUT2D eigenvalue weighted by Gasteiger charge is -2.19. The minimum atomic E-state index is -0.892. The van der Waals surface area contributed by atoms with Gasteiger partial charge in [0.15, 0.2) is 0 Å². The van der Waals surface area contributed by atoms with E-state index in [1.165, 1.54) is 4.90 Å². The van der Waals surface area contributed by atoms with Crippen LogP contribution in [-0.2, 0) is 16.0 Å². The Kier molecular flexibility index (Phi) is 5.34. The van der Waals surface area contributed by atoms with E-state index in [0.717, 1.165) is 10.0 Å². The van der Waals surface area contributed by atoms with Gasteiger partial charge in [0, 0.05) is 18.1 Å². The number of hydrogen-bond donors (Lipinski definition) is 1. The summed E-state index contributed by atoms with van der Waals surface area (Å²) in [5.41, 5.74) is 0.907. The maximum absolute atomic E-state index is 11.9. The van der Waals surface area contributed by atoms with Crippen LogP contribution in [0.5, 0.6) is 0 Å². The highest BCUT2D eigenvalue weighted by molar-refractivity contribution is 9.10. The van der Waals surface area contributed by atoms with Crippen molar-refractivity contribution < 1.29 is 14.7 Å². The van der Waals surface area contributed by atoms with Crippen molar-refractivity contribution in [1.29, 1.82) is 0 Å². The number of aliphatic carboxylic acids is 1. The average Bonchev–Trinajstić information content (AvgIpc) is 2.28. The summed E-state index contributed by atoms with van der Waals surface area (Å²) in [6.45, 7) is 1.81. The van der Waals surface area contributed by atoms with E-state index < -0.39 is 11.9 Å². The third-order valence-corrected chi connectivity index (χ3v) is 3.13. The van der Waals surface area contributed by atoms with E-state index in [2.05, 4.69) is 15.9 Å². The SMILES string of the molecule is CC(CN(C)C(=O)Cc1cccc(Br)c1)C(=O)O. The third kappa shape index (κ3) is 4.49. The molecule has 4 nitrogen and oxygen atoms in total. The molecular weight excluding hydrogens is 298 g/mol. The number of carbonyl (C=O) groups is 2. The first-order chi connectivity index (χ1) is 8.40. The molecule has 1 unspecified atom stereocenters. The molecule has 1 aromatic rings. The van der Waals surface area contributed by atoms with Gasteiger partial charge in [0.1, 0.15) is 0 Å². The van der Waals surface area contributed by atoms with Crippen LogP contribution in [0.25, 0.3) is 0 Å². The number of hydrogen-bond acceptors (Lipinski definition) is 2. The number of carboxylic acid groups (broad SMARTS) is 1. The van der Waals surface area contributed by atoms with Gasteiger partial charge in [-0.3, -0.25) is 9.59 Å². The van der Waals surface area contributed by atoms with Crippen LogP contribution in [0.2, 0.25) is 0 Å². The van der Waals surface area contributed by atoms with E-state index in [4.69, 9.17) is 5.11 Å². The van der Waals surface area contributed by atoms with E-state index in [1.54, 1.807) is 14.0 Å². The van der Waals surface area contributed by atoms with Gasteiger partial charge in [-0.25, -0.2) is 0 Å². The normalized spacial score (nSPS) is 11.9. The number of nitrogens with zero attached hydrogens (tertiary/aromatic N) is 1. The topological polar surface area (TPSA) is 57.6 Å². The first kappa shape index (κ1) is 14.7. The van der Waals surface area contributed by atoms with E-state index in [1.807, 2.05) is 24.3 Å². The standard InChI is InChI=1S/C13H16BrNO3/c1-9(13(17)18)8-15(2)12(16)7-10-4-3-5-11(14)6-10/h3-6,9H,7-8H2,1-2H3,(H,17,18). The van der Waals surface area contributed by atoms with Crippen LogP contribution >= 0.6 is 15.9 Å². The monoisotopic (exact) mass is 313 g/mol. The van der Waals surface area contributed by atoms with Crippen LogP contribution in [0.3, 0.4) is 0 Å². The zero-order valence-corrected chi connectivity index (χ0v) is 12.0. The molecule has 0 fully saturated rings. The lowest BCUT2D eigenvalue weighted by Crippen LogP contribution is -2.34. The molecule has 18 heavy (non-hydrogen) atoms. The molecule has 0 radical (unpaired) electrons. The largest absolute Gasteiger partial charge is 0.481 e. The maximum Gasteiger partial charge on any atom is 0.308 e. The molecule has 0 bridgehead atoms. The van der Waals surface area contributed by atoms with Gasteiger partial charge in [0.2, 0.25) is 5.91 Å². The molecule has 0 aliphatic heterocycles. The van der Waals surface area contributed by atoms with Crippen molar-refractivity contribution in [1.82, 2.24) is 4.90 Å². The van der Waals surface area contributed by atoms with Crippen LogP contribution in [0.4, 0.5) is 0 Å². The average molecular weight is 314 g/mol. The summed E-state index contributed by atoms with van der Waals surface area (Å²) in [5.74, 6) is -1.53. The number of halogens is 1. The Hall–Kier alpha value is -1.36. The first-order valence-corrected chi connectivity index (χ1v) is 6.40. The Morgan fingerprint density at radius 1 is 1.44 bits per heavy atom. The zero-order chi connectivity index (χ0) is 13.7. The van der Waals surface area contributed by atoms with Gasteiger partial charge < -0.3 is 10.0 Å². The summed E-state index contributed by atoms with van der Waals surface area (Å²) in [5, 5.41) is 8.79. The number of amides is 1. The summed E-state index contributed by atoms with van der Waals surface area (Å²) < 4.78 is 0.925. The number of carbonyl (C=O) groups excluding carboxylic acids is 1. The van der Waals surface area contributed by atoms with Crippen LogP contribution in [0, 0.1) is 5.92 Å². The lowest BCUT2D eigenvalue weighted by atomic mass is 10.1. The van der Waals surface area contributed by atoms with Crippen LogP contribution in [-0.4, -0.2) is 35.5 Å². The molecule has 1 rings (SSSR count). The van der Waals surface area contributed by atoms with E-state index in [9.17, 15) is 9.59 Å². The zero-order valence-electron chi connectivity index (χ0n) is 10.4. The number of rotatable bonds is 5. The fourth-order valence-corrected chi connectivity index (χ4v) is 1.99. The quantitative estimate of drug-likeness (QED) is 0.906. The fourth-order valence-electron chi connectivity index (χ4n) is 1.55. The van der Waals surface area contributed by atoms with E-state index in [-0.39, 0.29) is 18.9 Å². The molecule has 0 aromatic heterocycles. The molecule has 1 amide bonds. The first-order valence-electron chi connectivity index (χ1n) is 5.61. The second-order valence-electron chi connectivity index (χ2n) is 4.32. The molecule has 0 aliphatic carbocycles. The smallest absolute Gasteiger partial charge is 0.308 e. The van der Waals surface area contributed by atoms with Crippen molar-refractivity contribution in [3.63, 3.8) is 0 Å². The highest BCUT2D eigenvalue weighted by atomic mass is 79.9. The predicted octanol–water partition coefficient (Wildman–Crippen LogP) is 2.17. The summed E-state index contributed by atoms with van der Waals surface area (Å²) in [6, 6.07) is 7.51. The van der Waals surface area contributed by atoms with Gasteiger partial charge in [0.05, 0.1) is 12.3 Å². The van der Waals surface area contributed by atoms with Crippen LogP contribution < -0.4 is 0 Å². The molecule has 0 heterocycles.